The summed E-state index contributed by atoms with van der Waals surface area (Å²) in [5, 5.41) is 3.54. The topological polar surface area (TPSA) is 15.3 Å². The van der Waals surface area contributed by atoms with E-state index < -0.39 is 0 Å². The summed E-state index contributed by atoms with van der Waals surface area (Å²) < 4.78 is 0. The molecular weight excluding hydrogens is 196 g/mol. The second-order valence-electron chi connectivity index (χ2n) is 6.93. The fraction of sp³-hybridized carbons (Fsp3) is 1.00. The van der Waals surface area contributed by atoms with Gasteiger partial charge in [-0.25, -0.2) is 0 Å². The van der Waals surface area contributed by atoms with Crippen molar-refractivity contribution in [2.24, 2.45) is 11.3 Å². The number of hydrogen-bond donors (Lipinski definition) is 1. The molecule has 0 aromatic rings. The Morgan fingerprint density at radius 3 is 2.44 bits per heavy atom. The quantitative estimate of drug-likeness (QED) is 0.789. The van der Waals surface area contributed by atoms with Gasteiger partial charge in [0.1, 0.15) is 0 Å². The van der Waals surface area contributed by atoms with Gasteiger partial charge in [-0.1, -0.05) is 20.8 Å². The molecule has 94 valence electrons. The Hall–Kier alpha value is -0.0800. The van der Waals surface area contributed by atoms with E-state index in [0.29, 0.717) is 5.41 Å². The first-order chi connectivity index (χ1) is 7.54. The van der Waals surface area contributed by atoms with Crippen molar-refractivity contribution in [3.63, 3.8) is 0 Å². The fourth-order valence-corrected chi connectivity index (χ4v) is 2.80. The normalized spacial score (nSPS) is 27.4. The number of nitrogens with one attached hydrogen (secondary N) is 1. The van der Waals surface area contributed by atoms with Crippen molar-refractivity contribution in [2.45, 2.75) is 52.5 Å². The third-order valence-corrected chi connectivity index (χ3v) is 3.63. The van der Waals surface area contributed by atoms with Gasteiger partial charge in [0, 0.05) is 19.1 Å². The molecule has 0 spiro atoms. The van der Waals surface area contributed by atoms with E-state index in [9.17, 15) is 0 Å². The second kappa shape index (κ2) is 5.05. The van der Waals surface area contributed by atoms with Gasteiger partial charge in [0.2, 0.25) is 0 Å². The first kappa shape index (κ1) is 12.4. The largest absolute Gasteiger partial charge is 0.316 e. The van der Waals surface area contributed by atoms with Crippen LogP contribution < -0.4 is 5.32 Å². The van der Waals surface area contributed by atoms with Crippen LogP contribution in [-0.4, -0.2) is 37.1 Å². The lowest BCUT2D eigenvalue weighted by Gasteiger charge is -2.34. The predicted octanol–water partition coefficient (Wildman–Crippen LogP) is 2.50. The average molecular weight is 224 g/mol. The number of piperidine rings is 1. The van der Waals surface area contributed by atoms with Gasteiger partial charge in [0.05, 0.1) is 0 Å². The van der Waals surface area contributed by atoms with Crippen LogP contribution in [0.3, 0.4) is 0 Å². The number of nitrogens with zero attached hydrogens (tertiary/aromatic N) is 1. The number of rotatable bonds is 4. The molecule has 1 N–H and O–H groups in total. The van der Waals surface area contributed by atoms with E-state index in [1.54, 1.807) is 0 Å². The second-order valence-corrected chi connectivity index (χ2v) is 6.93. The molecule has 0 bridgehead atoms. The zero-order valence-corrected chi connectivity index (χ0v) is 11.3. The molecule has 1 aliphatic heterocycles. The zero-order valence-electron chi connectivity index (χ0n) is 11.3. The zero-order chi connectivity index (χ0) is 11.6. The smallest absolute Gasteiger partial charge is 0.00967 e. The summed E-state index contributed by atoms with van der Waals surface area (Å²) >= 11 is 0. The molecule has 0 radical (unpaired) electrons. The van der Waals surface area contributed by atoms with Crippen molar-refractivity contribution in [3.05, 3.63) is 0 Å². The molecule has 2 heteroatoms. The van der Waals surface area contributed by atoms with Crippen molar-refractivity contribution >= 4 is 0 Å². The van der Waals surface area contributed by atoms with Crippen molar-refractivity contribution < 1.29 is 0 Å². The molecule has 1 unspecified atom stereocenters. The minimum Gasteiger partial charge on any atom is -0.316 e. The molecule has 1 heterocycles. The molecule has 2 rings (SSSR count). The molecule has 0 aromatic heterocycles. The van der Waals surface area contributed by atoms with Crippen LogP contribution in [0.2, 0.25) is 0 Å². The van der Waals surface area contributed by atoms with Crippen LogP contribution in [0.4, 0.5) is 0 Å². The Kier molecular flexibility index (Phi) is 3.91. The molecule has 2 nitrogen and oxygen atoms in total. The van der Waals surface area contributed by atoms with Crippen LogP contribution >= 0.6 is 0 Å². The van der Waals surface area contributed by atoms with Crippen molar-refractivity contribution in [1.82, 2.24) is 10.2 Å². The minimum atomic E-state index is 0.449. The lowest BCUT2D eigenvalue weighted by atomic mass is 9.94. The van der Waals surface area contributed by atoms with Crippen LogP contribution in [-0.2, 0) is 0 Å². The molecular formula is C14H28N2. The van der Waals surface area contributed by atoms with E-state index in [1.165, 1.54) is 51.9 Å². The van der Waals surface area contributed by atoms with Gasteiger partial charge in [0.25, 0.3) is 0 Å². The molecule has 1 aliphatic carbocycles. The first-order valence-electron chi connectivity index (χ1n) is 6.99. The molecule has 1 atom stereocenters. The van der Waals surface area contributed by atoms with Gasteiger partial charge in [-0.15, -0.1) is 0 Å². The van der Waals surface area contributed by atoms with Crippen LogP contribution in [0.5, 0.6) is 0 Å². The van der Waals surface area contributed by atoms with Crippen molar-refractivity contribution in [1.29, 1.82) is 0 Å². The lowest BCUT2D eigenvalue weighted by Crippen LogP contribution is -2.42. The van der Waals surface area contributed by atoms with Crippen LogP contribution in [0.25, 0.3) is 0 Å². The standard InChI is InChI=1S/C14H28N2/c1-14(2,3)11-16(13-6-7-13)10-12-5-4-8-15-9-12/h12-13,15H,4-11H2,1-3H3. The van der Waals surface area contributed by atoms with Gasteiger partial charge in [-0.2, -0.15) is 0 Å². The van der Waals surface area contributed by atoms with Crippen LogP contribution in [0.15, 0.2) is 0 Å². The van der Waals surface area contributed by atoms with E-state index in [4.69, 9.17) is 0 Å². The fourth-order valence-electron chi connectivity index (χ4n) is 2.80. The van der Waals surface area contributed by atoms with Gasteiger partial charge < -0.3 is 5.32 Å². The Labute approximate surface area is 101 Å². The Balaban J connectivity index is 1.82. The van der Waals surface area contributed by atoms with E-state index in [-0.39, 0.29) is 0 Å². The maximum absolute atomic E-state index is 3.54. The maximum atomic E-state index is 3.54. The molecule has 16 heavy (non-hydrogen) atoms. The highest BCUT2D eigenvalue weighted by molar-refractivity contribution is 4.88. The van der Waals surface area contributed by atoms with Crippen LogP contribution in [0, 0.1) is 11.3 Å². The Bertz CT molecular complexity index is 209. The molecule has 2 aliphatic rings. The van der Waals surface area contributed by atoms with Gasteiger partial charge in [-0.3, -0.25) is 4.90 Å². The van der Waals surface area contributed by atoms with E-state index in [0.717, 1.165) is 12.0 Å². The Morgan fingerprint density at radius 2 is 1.94 bits per heavy atom. The summed E-state index contributed by atoms with van der Waals surface area (Å²) in [4.78, 5) is 2.76. The van der Waals surface area contributed by atoms with E-state index in [2.05, 4.69) is 31.0 Å². The van der Waals surface area contributed by atoms with Gasteiger partial charge in [-0.05, 0) is 50.1 Å². The van der Waals surface area contributed by atoms with E-state index in [1.807, 2.05) is 0 Å². The molecule has 1 saturated heterocycles. The van der Waals surface area contributed by atoms with Crippen molar-refractivity contribution in [2.75, 3.05) is 26.2 Å². The predicted molar refractivity (Wildman–Crippen MR) is 69.6 cm³/mol. The minimum absolute atomic E-state index is 0.449. The highest BCUT2D eigenvalue weighted by atomic mass is 15.2. The first-order valence-corrected chi connectivity index (χ1v) is 6.99. The SMILES string of the molecule is CC(C)(C)CN(CC1CCCNC1)C1CC1. The highest BCUT2D eigenvalue weighted by Crippen LogP contribution is 2.31. The average Bonchev–Trinajstić information content (AvgIpc) is 2.99. The van der Waals surface area contributed by atoms with Gasteiger partial charge >= 0.3 is 0 Å². The maximum Gasteiger partial charge on any atom is 0.00967 e. The molecule has 0 amide bonds. The summed E-state index contributed by atoms with van der Waals surface area (Å²) in [7, 11) is 0. The van der Waals surface area contributed by atoms with Gasteiger partial charge in [0.15, 0.2) is 0 Å². The summed E-state index contributed by atoms with van der Waals surface area (Å²) in [6.45, 7) is 12.2. The lowest BCUT2D eigenvalue weighted by molar-refractivity contribution is 0.147. The Morgan fingerprint density at radius 1 is 1.19 bits per heavy atom. The monoisotopic (exact) mass is 224 g/mol. The van der Waals surface area contributed by atoms with E-state index >= 15 is 0 Å². The summed E-state index contributed by atoms with van der Waals surface area (Å²) in [5.74, 6) is 0.900. The molecule has 0 aromatic carbocycles. The third kappa shape index (κ3) is 4.06. The van der Waals surface area contributed by atoms with Crippen LogP contribution in [0.1, 0.15) is 46.5 Å². The third-order valence-electron chi connectivity index (χ3n) is 3.63. The highest BCUT2D eigenvalue weighted by Gasteiger charge is 2.32. The summed E-state index contributed by atoms with van der Waals surface area (Å²) in [6, 6.07) is 0.918. The molecule has 1 saturated carbocycles. The van der Waals surface area contributed by atoms with Crippen molar-refractivity contribution in [3.8, 4) is 0 Å². The number of hydrogen-bond acceptors (Lipinski definition) is 2. The molecule has 2 fully saturated rings. The summed E-state index contributed by atoms with van der Waals surface area (Å²) in [6.07, 6.45) is 5.69. The summed E-state index contributed by atoms with van der Waals surface area (Å²) in [5.41, 5.74) is 0.449.